The predicted octanol–water partition coefficient (Wildman–Crippen LogP) is 4.69. The highest BCUT2D eigenvalue weighted by atomic mass is 16.3. The van der Waals surface area contributed by atoms with E-state index in [2.05, 4.69) is 0 Å². The van der Waals surface area contributed by atoms with Crippen molar-refractivity contribution >= 4 is 21.9 Å². The molecule has 0 N–H and O–H groups in total. The second kappa shape index (κ2) is 4.88. The van der Waals surface area contributed by atoms with E-state index in [0.29, 0.717) is 16.5 Å². The quantitative estimate of drug-likeness (QED) is 0.538. The van der Waals surface area contributed by atoms with Crippen molar-refractivity contribution in [1.29, 1.82) is 0 Å². The molecule has 0 spiro atoms. The Morgan fingerprint density at radius 1 is 0.955 bits per heavy atom. The van der Waals surface area contributed by atoms with E-state index in [4.69, 9.17) is 8.83 Å². The van der Waals surface area contributed by atoms with Gasteiger partial charge in [0.25, 0.3) is 0 Å². The molecule has 4 aromatic rings. The first-order valence-corrected chi connectivity index (χ1v) is 7.23. The smallest absolute Gasteiger partial charge is 0.196 e. The topological polar surface area (TPSA) is 43.4 Å². The molecule has 108 valence electrons. The largest absolute Gasteiger partial charge is 0.464 e. The molecule has 22 heavy (non-hydrogen) atoms. The number of para-hydroxylation sites is 2. The van der Waals surface area contributed by atoms with Gasteiger partial charge in [-0.25, -0.2) is 0 Å². The molecule has 2 heterocycles. The van der Waals surface area contributed by atoms with Crippen LogP contribution in [-0.2, 0) is 0 Å². The Bertz CT molecular complexity index is 990. The minimum absolute atomic E-state index is 0.00481. The van der Waals surface area contributed by atoms with E-state index < -0.39 is 0 Å². The number of hydrogen-bond acceptors (Lipinski definition) is 3. The molecule has 0 aliphatic rings. The summed E-state index contributed by atoms with van der Waals surface area (Å²) in [5, 5.41) is 1.64. The lowest BCUT2D eigenvalue weighted by Gasteiger charge is -2.08. The molecule has 2 aromatic heterocycles. The molecule has 0 aliphatic carbocycles. The van der Waals surface area contributed by atoms with E-state index in [1.54, 1.807) is 18.4 Å². The van der Waals surface area contributed by atoms with Crippen LogP contribution in [0.3, 0.4) is 0 Å². The van der Waals surface area contributed by atoms with E-state index in [1.807, 2.05) is 49.4 Å². The molecule has 0 amide bonds. The number of furan rings is 1. The summed E-state index contributed by atoms with van der Waals surface area (Å²) < 4.78 is 11.5. The van der Waals surface area contributed by atoms with E-state index in [1.165, 1.54) is 0 Å². The maximum Gasteiger partial charge on any atom is 0.196 e. The molecule has 1 unspecified atom stereocenters. The Balaban J connectivity index is 1.87. The Labute approximate surface area is 126 Å². The van der Waals surface area contributed by atoms with Gasteiger partial charge in [0.2, 0.25) is 0 Å². The fraction of sp³-hybridized carbons (Fsp3) is 0.105. The van der Waals surface area contributed by atoms with Crippen LogP contribution in [0.25, 0.3) is 21.9 Å². The molecular formula is C19H14O3. The van der Waals surface area contributed by atoms with Crippen LogP contribution in [-0.4, -0.2) is 0 Å². The third-order valence-corrected chi connectivity index (χ3v) is 4.04. The lowest BCUT2D eigenvalue weighted by molar-refractivity contribution is 0.520. The molecule has 1 atom stereocenters. The van der Waals surface area contributed by atoms with Crippen molar-refractivity contribution in [2.75, 3.05) is 0 Å². The molecule has 0 saturated carbocycles. The minimum atomic E-state index is -0.159. The minimum Gasteiger partial charge on any atom is -0.464 e. The summed E-state index contributed by atoms with van der Waals surface area (Å²) in [6, 6.07) is 17.1. The molecule has 0 bridgehead atoms. The third-order valence-electron chi connectivity index (χ3n) is 4.04. The van der Waals surface area contributed by atoms with Crippen molar-refractivity contribution in [2.24, 2.45) is 0 Å². The average molecular weight is 290 g/mol. The van der Waals surface area contributed by atoms with Gasteiger partial charge in [-0.05, 0) is 24.3 Å². The summed E-state index contributed by atoms with van der Waals surface area (Å²) in [4.78, 5) is 12.7. The van der Waals surface area contributed by atoms with Gasteiger partial charge >= 0.3 is 0 Å². The molecule has 3 nitrogen and oxygen atoms in total. The Hall–Kier alpha value is -2.81. The lowest BCUT2D eigenvalue weighted by atomic mass is 9.99. The number of rotatable bonds is 2. The SMILES string of the molecule is CC(c1cc2ccccc2o1)c1coc2ccccc2c1=O. The summed E-state index contributed by atoms with van der Waals surface area (Å²) in [5.41, 5.74) is 2.04. The maximum atomic E-state index is 12.7. The Morgan fingerprint density at radius 2 is 1.68 bits per heavy atom. The van der Waals surface area contributed by atoms with Gasteiger partial charge in [0.1, 0.15) is 16.9 Å². The first-order valence-electron chi connectivity index (χ1n) is 7.23. The molecular weight excluding hydrogens is 276 g/mol. The zero-order valence-electron chi connectivity index (χ0n) is 12.1. The second-order valence-electron chi connectivity index (χ2n) is 5.42. The standard InChI is InChI=1S/C19H14O3/c1-12(18-10-13-6-2-4-8-16(13)22-18)15-11-21-17-9-5-3-7-14(17)19(15)20/h2-12H,1H3. The lowest BCUT2D eigenvalue weighted by Crippen LogP contribution is -2.12. The van der Waals surface area contributed by atoms with Gasteiger partial charge < -0.3 is 8.83 Å². The van der Waals surface area contributed by atoms with Crippen molar-refractivity contribution in [1.82, 2.24) is 0 Å². The summed E-state index contributed by atoms with van der Waals surface area (Å²) in [6.45, 7) is 1.96. The number of benzene rings is 2. The summed E-state index contributed by atoms with van der Waals surface area (Å²) >= 11 is 0. The fourth-order valence-corrected chi connectivity index (χ4v) is 2.76. The fourth-order valence-electron chi connectivity index (χ4n) is 2.76. The van der Waals surface area contributed by atoms with Crippen molar-refractivity contribution < 1.29 is 8.83 Å². The van der Waals surface area contributed by atoms with E-state index >= 15 is 0 Å². The molecule has 4 rings (SSSR count). The van der Waals surface area contributed by atoms with Gasteiger partial charge in [-0.3, -0.25) is 4.79 Å². The molecule has 0 fully saturated rings. The molecule has 0 aliphatic heterocycles. The molecule has 2 aromatic carbocycles. The summed E-state index contributed by atoms with van der Waals surface area (Å²) in [6.07, 6.45) is 1.54. The third kappa shape index (κ3) is 1.94. The highest BCUT2D eigenvalue weighted by Gasteiger charge is 2.18. The van der Waals surface area contributed by atoms with E-state index in [0.717, 1.165) is 16.7 Å². The van der Waals surface area contributed by atoms with Crippen molar-refractivity contribution in [2.45, 2.75) is 12.8 Å². The monoisotopic (exact) mass is 290 g/mol. The zero-order chi connectivity index (χ0) is 15.1. The highest BCUT2D eigenvalue weighted by Crippen LogP contribution is 2.29. The molecule has 0 saturated heterocycles. The van der Waals surface area contributed by atoms with Crippen LogP contribution in [0, 0.1) is 0 Å². The van der Waals surface area contributed by atoms with Crippen LogP contribution >= 0.6 is 0 Å². The van der Waals surface area contributed by atoms with E-state index in [-0.39, 0.29) is 11.3 Å². The molecule has 3 heteroatoms. The van der Waals surface area contributed by atoms with Crippen LogP contribution in [0.15, 0.2) is 74.5 Å². The summed E-state index contributed by atoms with van der Waals surface area (Å²) in [7, 11) is 0. The highest BCUT2D eigenvalue weighted by molar-refractivity contribution is 5.79. The van der Waals surface area contributed by atoms with E-state index in [9.17, 15) is 4.79 Å². The number of hydrogen-bond donors (Lipinski definition) is 0. The van der Waals surface area contributed by atoms with Gasteiger partial charge in [0.15, 0.2) is 5.43 Å². The first-order chi connectivity index (χ1) is 10.7. The van der Waals surface area contributed by atoms with Crippen molar-refractivity contribution in [3.05, 3.63) is 82.4 Å². The maximum absolute atomic E-state index is 12.7. The second-order valence-corrected chi connectivity index (χ2v) is 5.42. The van der Waals surface area contributed by atoms with Gasteiger partial charge in [-0.15, -0.1) is 0 Å². The van der Waals surface area contributed by atoms with Crippen LogP contribution < -0.4 is 5.43 Å². The number of fused-ring (bicyclic) bond motifs is 2. The van der Waals surface area contributed by atoms with Crippen LogP contribution in [0.1, 0.15) is 24.2 Å². The normalized spacial score (nSPS) is 12.8. The zero-order valence-corrected chi connectivity index (χ0v) is 12.1. The van der Waals surface area contributed by atoms with Gasteiger partial charge in [0, 0.05) is 16.9 Å². The molecule has 0 radical (unpaired) electrons. The predicted molar refractivity (Wildman–Crippen MR) is 86.2 cm³/mol. The van der Waals surface area contributed by atoms with Crippen molar-refractivity contribution in [3.8, 4) is 0 Å². The van der Waals surface area contributed by atoms with Gasteiger partial charge in [-0.2, -0.15) is 0 Å². The Morgan fingerprint density at radius 3 is 2.50 bits per heavy atom. The van der Waals surface area contributed by atoms with Gasteiger partial charge in [-0.1, -0.05) is 37.3 Å². The van der Waals surface area contributed by atoms with Crippen LogP contribution in [0.5, 0.6) is 0 Å². The average Bonchev–Trinajstić information content (AvgIpc) is 2.99. The Kier molecular flexibility index (Phi) is 2.86. The first kappa shape index (κ1) is 12.9. The van der Waals surface area contributed by atoms with Crippen LogP contribution in [0.2, 0.25) is 0 Å². The van der Waals surface area contributed by atoms with Gasteiger partial charge in [0.05, 0.1) is 11.6 Å². The van der Waals surface area contributed by atoms with Crippen molar-refractivity contribution in [3.63, 3.8) is 0 Å². The summed E-state index contributed by atoms with van der Waals surface area (Å²) in [5.74, 6) is 0.608. The van der Waals surface area contributed by atoms with Crippen LogP contribution in [0.4, 0.5) is 0 Å².